The standard InChI is InChI=1S/C23H23F3N4O3/c1-2-33-20-11-18-15(12-30(29-18)16-8-6-14(13-31)7-9-16)10-19(20)28-22(32)17-4-3-5-21(27-17)23(24,25)26/h3-5,10-14,16H,2,6-9H2,1H3,(H,28,32)/t14-,16-. The van der Waals surface area contributed by atoms with Gasteiger partial charge < -0.3 is 14.8 Å². The lowest BCUT2D eigenvalue weighted by molar-refractivity contribution is -0.141. The van der Waals surface area contributed by atoms with Gasteiger partial charge in [-0.1, -0.05) is 6.07 Å². The lowest BCUT2D eigenvalue weighted by Gasteiger charge is -2.25. The molecule has 1 N–H and O–H groups in total. The molecule has 174 valence electrons. The van der Waals surface area contributed by atoms with Gasteiger partial charge in [0.1, 0.15) is 23.4 Å². The van der Waals surface area contributed by atoms with Crippen LogP contribution in [0.1, 0.15) is 54.8 Å². The number of nitrogens with one attached hydrogen (secondary N) is 1. The molecule has 0 aliphatic heterocycles. The third kappa shape index (κ3) is 4.99. The molecule has 0 radical (unpaired) electrons. The molecule has 2 heterocycles. The number of rotatable bonds is 6. The van der Waals surface area contributed by atoms with E-state index in [0.29, 0.717) is 23.6 Å². The summed E-state index contributed by atoms with van der Waals surface area (Å²) in [6.45, 7) is 2.11. The number of alkyl halides is 3. The van der Waals surface area contributed by atoms with Gasteiger partial charge in [0.2, 0.25) is 0 Å². The Labute approximate surface area is 187 Å². The fourth-order valence-corrected chi connectivity index (χ4v) is 4.04. The van der Waals surface area contributed by atoms with Gasteiger partial charge in [0.05, 0.1) is 23.9 Å². The topological polar surface area (TPSA) is 86.1 Å². The molecule has 0 atom stereocenters. The summed E-state index contributed by atoms with van der Waals surface area (Å²) < 4.78 is 46.4. The Morgan fingerprint density at radius 2 is 2.00 bits per heavy atom. The summed E-state index contributed by atoms with van der Waals surface area (Å²) in [7, 11) is 0. The van der Waals surface area contributed by atoms with Crippen molar-refractivity contribution in [3.05, 3.63) is 47.9 Å². The van der Waals surface area contributed by atoms with Crippen LogP contribution in [0.25, 0.3) is 10.9 Å². The summed E-state index contributed by atoms with van der Waals surface area (Å²) in [5.74, 6) is -0.316. The van der Waals surface area contributed by atoms with Crippen LogP contribution in [0.2, 0.25) is 0 Å². The third-order valence-corrected chi connectivity index (χ3v) is 5.75. The number of aromatic nitrogens is 3. The van der Waals surface area contributed by atoms with E-state index in [1.54, 1.807) is 19.1 Å². The highest BCUT2D eigenvalue weighted by Gasteiger charge is 2.33. The maximum absolute atomic E-state index is 13.0. The molecular weight excluding hydrogens is 437 g/mol. The van der Waals surface area contributed by atoms with Crippen molar-refractivity contribution in [3.63, 3.8) is 0 Å². The molecule has 10 heteroatoms. The van der Waals surface area contributed by atoms with Crippen molar-refractivity contribution in [2.24, 2.45) is 5.92 Å². The van der Waals surface area contributed by atoms with Crippen LogP contribution in [0.15, 0.2) is 36.5 Å². The molecule has 1 amide bonds. The molecule has 1 aliphatic rings. The van der Waals surface area contributed by atoms with E-state index in [9.17, 15) is 22.8 Å². The van der Waals surface area contributed by atoms with Gasteiger partial charge in [-0.3, -0.25) is 9.48 Å². The predicted octanol–water partition coefficient (Wildman–Crippen LogP) is 5.03. The van der Waals surface area contributed by atoms with Gasteiger partial charge in [-0.25, -0.2) is 4.98 Å². The molecular formula is C23H23F3N4O3. The van der Waals surface area contributed by atoms with E-state index in [0.717, 1.165) is 49.5 Å². The Balaban J connectivity index is 1.61. The number of benzene rings is 1. The van der Waals surface area contributed by atoms with Crippen molar-refractivity contribution in [1.82, 2.24) is 14.8 Å². The number of fused-ring (bicyclic) bond motifs is 1. The van der Waals surface area contributed by atoms with Gasteiger partial charge in [-0.15, -0.1) is 0 Å². The van der Waals surface area contributed by atoms with Crippen molar-refractivity contribution in [2.45, 2.75) is 44.8 Å². The lowest BCUT2D eigenvalue weighted by Crippen LogP contribution is -2.19. The Morgan fingerprint density at radius 1 is 1.24 bits per heavy atom. The molecule has 33 heavy (non-hydrogen) atoms. The smallest absolute Gasteiger partial charge is 0.433 e. The van der Waals surface area contributed by atoms with Crippen molar-refractivity contribution >= 4 is 28.8 Å². The van der Waals surface area contributed by atoms with E-state index < -0.39 is 17.8 Å². The summed E-state index contributed by atoms with van der Waals surface area (Å²) in [5.41, 5.74) is -0.500. The second-order valence-electron chi connectivity index (χ2n) is 8.01. The molecule has 1 saturated carbocycles. The normalized spacial score (nSPS) is 18.8. The van der Waals surface area contributed by atoms with Crippen LogP contribution in [-0.4, -0.2) is 33.6 Å². The van der Waals surface area contributed by atoms with E-state index in [2.05, 4.69) is 15.4 Å². The van der Waals surface area contributed by atoms with Crippen LogP contribution in [0.4, 0.5) is 18.9 Å². The minimum Gasteiger partial charge on any atom is -0.492 e. The number of ether oxygens (including phenoxy) is 1. The highest BCUT2D eigenvalue weighted by molar-refractivity contribution is 6.05. The molecule has 0 bridgehead atoms. The summed E-state index contributed by atoms with van der Waals surface area (Å²) in [4.78, 5) is 27.1. The minimum absolute atomic E-state index is 0.0991. The van der Waals surface area contributed by atoms with E-state index in [4.69, 9.17) is 4.74 Å². The summed E-state index contributed by atoms with van der Waals surface area (Å²) in [5, 5.41) is 8.01. The number of pyridine rings is 1. The molecule has 0 spiro atoms. The average Bonchev–Trinajstić information content (AvgIpc) is 3.22. The second-order valence-corrected chi connectivity index (χ2v) is 8.01. The molecule has 7 nitrogen and oxygen atoms in total. The number of carbonyl (C=O) groups excluding carboxylic acids is 2. The van der Waals surface area contributed by atoms with E-state index >= 15 is 0 Å². The lowest BCUT2D eigenvalue weighted by atomic mass is 9.87. The third-order valence-electron chi connectivity index (χ3n) is 5.75. The zero-order valence-corrected chi connectivity index (χ0v) is 17.9. The fraction of sp³-hybridized carbons (Fsp3) is 0.391. The van der Waals surface area contributed by atoms with Gasteiger partial charge in [-0.05, 0) is 50.8 Å². The van der Waals surface area contributed by atoms with Gasteiger partial charge in [0.15, 0.2) is 0 Å². The molecule has 1 aromatic carbocycles. The number of nitrogens with zero attached hydrogens (tertiary/aromatic N) is 3. The van der Waals surface area contributed by atoms with Gasteiger partial charge >= 0.3 is 6.18 Å². The van der Waals surface area contributed by atoms with Crippen molar-refractivity contribution in [2.75, 3.05) is 11.9 Å². The van der Waals surface area contributed by atoms with Crippen LogP contribution in [0, 0.1) is 5.92 Å². The molecule has 3 aromatic rings. The van der Waals surface area contributed by atoms with Crippen LogP contribution < -0.4 is 10.1 Å². The average molecular weight is 460 g/mol. The number of hydrogen-bond donors (Lipinski definition) is 1. The Hall–Kier alpha value is -3.43. The summed E-state index contributed by atoms with van der Waals surface area (Å²) in [6, 6.07) is 6.73. The van der Waals surface area contributed by atoms with Crippen LogP contribution in [0.5, 0.6) is 5.75 Å². The first-order valence-corrected chi connectivity index (χ1v) is 10.7. The highest BCUT2D eigenvalue weighted by Crippen LogP contribution is 2.35. The molecule has 4 rings (SSSR count). The fourth-order valence-electron chi connectivity index (χ4n) is 4.04. The predicted molar refractivity (Wildman–Crippen MR) is 115 cm³/mol. The number of hydrogen-bond acceptors (Lipinski definition) is 5. The number of aldehydes is 1. The SMILES string of the molecule is CCOc1cc2nn([C@H]3CC[C@H](C=O)CC3)cc2cc1NC(=O)c1cccc(C(F)(F)F)n1. The van der Waals surface area contributed by atoms with Crippen molar-refractivity contribution in [1.29, 1.82) is 0 Å². The largest absolute Gasteiger partial charge is 0.492 e. The first kappa shape index (κ1) is 22.8. The Kier molecular flexibility index (Phi) is 6.35. The zero-order chi connectivity index (χ0) is 23.6. The quantitative estimate of drug-likeness (QED) is 0.522. The molecule has 0 saturated heterocycles. The van der Waals surface area contributed by atoms with Crippen molar-refractivity contribution < 1.29 is 27.5 Å². The Bertz CT molecular complexity index is 1170. The highest BCUT2D eigenvalue weighted by atomic mass is 19.4. The number of halogens is 3. The first-order valence-electron chi connectivity index (χ1n) is 10.7. The number of amides is 1. The molecule has 1 aliphatic carbocycles. The molecule has 0 unspecified atom stereocenters. The zero-order valence-electron chi connectivity index (χ0n) is 17.9. The Morgan fingerprint density at radius 3 is 2.67 bits per heavy atom. The monoisotopic (exact) mass is 460 g/mol. The maximum atomic E-state index is 13.0. The van der Waals surface area contributed by atoms with Gasteiger partial charge in [0, 0.05) is 23.6 Å². The van der Waals surface area contributed by atoms with Gasteiger partial charge in [0.25, 0.3) is 5.91 Å². The van der Waals surface area contributed by atoms with Gasteiger partial charge in [-0.2, -0.15) is 18.3 Å². The second kappa shape index (κ2) is 9.21. The minimum atomic E-state index is -4.65. The van der Waals surface area contributed by atoms with Crippen LogP contribution >= 0.6 is 0 Å². The first-order chi connectivity index (χ1) is 15.8. The molecule has 2 aromatic heterocycles. The van der Waals surface area contributed by atoms with Crippen molar-refractivity contribution in [3.8, 4) is 5.75 Å². The summed E-state index contributed by atoms with van der Waals surface area (Å²) in [6.07, 6.45) is 1.57. The number of carbonyl (C=O) groups is 2. The van der Waals surface area contributed by atoms with E-state index in [1.165, 1.54) is 6.07 Å². The van der Waals surface area contributed by atoms with Crippen LogP contribution in [-0.2, 0) is 11.0 Å². The summed E-state index contributed by atoms with van der Waals surface area (Å²) >= 11 is 0. The maximum Gasteiger partial charge on any atom is 0.433 e. The number of anilines is 1. The molecule has 1 fully saturated rings. The van der Waals surface area contributed by atoms with E-state index in [-0.39, 0.29) is 17.7 Å². The van der Waals surface area contributed by atoms with Crippen LogP contribution in [0.3, 0.4) is 0 Å². The van der Waals surface area contributed by atoms with E-state index in [1.807, 2.05) is 10.9 Å².